The van der Waals surface area contributed by atoms with Gasteiger partial charge < -0.3 is 15.0 Å². The number of urea groups is 1. The number of benzene rings is 1. The van der Waals surface area contributed by atoms with Crippen LogP contribution in [0.4, 0.5) is 9.18 Å². The van der Waals surface area contributed by atoms with Crippen molar-refractivity contribution in [2.75, 3.05) is 7.05 Å². The lowest BCUT2D eigenvalue weighted by molar-refractivity contribution is 0.183. The van der Waals surface area contributed by atoms with Gasteiger partial charge in [0, 0.05) is 37.5 Å². The number of nitrogens with zero attached hydrogens (tertiary/aromatic N) is 2. The summed E-state index contributed by atoms with van der Waals surface area (Å²) in [5.41, 5.74) is 0.740. The van der Waals surface area contributed by atoms with Gasteiger partial charge in [0.05, 0.1) is 0 Å². The summed E-state index contributed by atoms with van der Waals surface area (Å²) in [4.78, 5) is 18.6. The molecule has 0 spiro atoms. The molecule has 6 heteroatoms. The normalized spacial score (nSPS) is 15.0. The average molecular weight is 371 g/mol. The van der Waals surface area contributed by atoms with E-state index in [1.807, 2.05) is 18.0 Å². The Bertz CT molecular complexity index is 761. The molecule has 3 rings (SSSR count). The zero-order chi connectivity index (χ0) is 19.1. The lowest BCUT2D eigenvalue weighted by atomic mass is 10.1. The Morgan fingerprint density at radius 3 is 2.74 bits per heavy atom. The van der Waals surface area contributed by atoms with Crippen molar-refractivity contribution in [1.82, 2.24) is 15.2 Å². The quantitative estimate of drug-likeness (QED) is 0.763. The molecule has 1 saturated carbocycles. The summed E-state index contributed by atoms with van der Waals surface area (Å²) in [6, 6.07) is 9.73. The molecule has 5 nitrogen and oxygen atoms in total. The summed E-state index contributed by atoms with van der Waals surface area (Å²) in [6.45, 7) is 0.300. The summed E-state index contributed by atoms with van der Waals surface area (Å²) in [7, 11) is 1.86. The Hall–Kier alpha value is -2.63. The predicted molar refractivity (Wildman–Crippen MR) is 102 cm³/mol. The van der Waals surface area contributed by atoms with E-state index in [1.165, 1.54) is 37.8 Å². The van der Waals surface area contributed by atoms with E-state index in [1.54, 1.807) is 24.4 Å². The first-order chi connectivity index (χ1) is 13.1. The van der Waals surface area contributed by atoms with Gasteiger partial charge in [0.25, 0.3) is 0 Å². The summed E-state index contributed by atoms with van der Waals surface area (Å²) in [5.74, 6) is 0.362. The molecule has 1 N–H and O–H groups in total. The van der Waals surface area contributed by atoms with E-state index in [4.69, 9.17) is 4.74 Å². The van der Waals surface area contributed by atoms with E-state index in [0.717, 1.165) is 18.4 Å². The van der Waals surface area contributed by atoms with Crippen molar-refractivity contribution in [2.45, 2.75) is 51.1 Å². The van der Waals surface area contributed by atoms with Gasteiger partial charge in [-0.15, -0.1) is 0 Å². The number of carbonyl (C=O) groups is 1. The van der Waals surface area contributed by atoms with Crippen LogP contribution in [-0.2, 0) is 6.54 Å². The number of ether oxygens (including phenoxy) is 1. The fraction of sp³-hybridized carbons (Fsp3) is 0.429. The fourth-order valence-corrected chi connectivity index (χ4v) is 3.40. The van der Waals surface area contributed by atoms with E-state index in [2.05, 4.69) is 10.3 Å². The average Bonchev–Trinajstić information content (AvgIpc) is 2.96. The number of nitrogens with one attached hydrogen (secondary N) is 1. The molecule has 0 radical (unpaired) electrons. The second kappa shape index (κ2) is 9.35. The molecule has 0 unspecified atom stereocenters. The van der Waals surface area contributed by atoms with Crippen LogP contribution in [0.2, 0.25) is 0 Å². The number of rotatable bonds is 5. The Balaban J connectivity index is 1.61. The van der Waals surface area contributed by atoms with Gasteiger partial charge in [-0.3, -0.25) is 0 Å². The first-order valence-corrected chi connectivity index (χ1v) is 9.51. The molecule has 1 aliphatic rings. The number of carbonyl (C=O) groups excluding carboxylic acids is 1. The summed E-state index contributed by atoms with van der Waals surface area (Å²) in [6.07, 6.45) is 8.59. The molecule has 1 aromatic heterocycles. The van der Waals surface area contributed by atoms with Crippen LogP contribution in [-0.4, -0.2) is 29.0 Å². The maximum atomic E-state index is 13.4. The van der Waals surface area contributed by atoms with Crippen LogP contribution in [0.1, 0.15) is 44.1 Å². The van der Waals surface area contributed by atoms with Crippen molar-refractivity contribution in [3.63, 3.8) is 0 Å². The highest BCUT2D eigenvalue weighted by atomic mass is 19.1. The SMILES string of the molecule is CN(C(=O)NCc1cccnc1Oc1cccc(F)c1)C1CCCCCC1. The molecule has 2 aromatic rings. The van der Waals surface area contributed by atoms with Crippen molar-refractivity contribution >= 4 is 6.03 Å². The Morgan fingerprint density at radius 2 is 2.00 bits per heavy atom. The zero-order valence-corrected chi connectivity index (χ0v) is 15.7. The molecule has 0 aliphatic heterocycles. The van der Waals surface area contributed by atoms with Crippen LogP contribution in [0.15, 0.2) is 42.6 Å². The van der Waals surface area contributed by atoms with E-state index < -0.39 is 0 Å². The van der Waals surface area contributed by atoms with Crippen LogP contribution in [0.25, 0.3) is 0 Å². The monoisotopic (exact) mass is 371 g/mol. The van der Waals surface area contributed by atoms with Crippen LogP contribution in [0.5, 0.6) is 11.6 Å². The van der Waals surface area contributed by atoms with Gasteiger partial charge in [0.15, 0.2) is 0 Å². The minimum absolute atomic E-state index is 0.0949. The molecular weight excluding hydrogens is 345 g/mol. The first kappa shape index (κ1) is 19.1. The van der Waals surface area contributed by atoms with Gasteiger partial charge >= 0.3 is 6.03 Å². The standard InChI is InChI=1S/C21H26FN3O2/c1-25(18-10-4-2-3-5-11-18)21(26)24-15-16-8-7-13-23-20(16)27-19-12-6-9-17(22)14-19/h6-9,12-14,18H,2-5,10-11,15H2,1H3,(H,24,26). The maximum Gasteiger partial charge on any atom is 0.317 e. The van der Waals surface area contributed by atoms with Gasteiger partial charge in [-0.2, -0.15) is 0 Å². The van der Waals surface area contributed by atoms with Gasteiger partial charge in [-0.1, -0.05) is 37.8 Å². The Morgan fingerprint density at radius 1 is 1.22 bits per heavy atom. The number of aromatic nitrogens is 1. The number of halogens is 1. The second-order valence-corrected chi connectivity index (χ2v) is 6.94. The van der Waals surface area contributed by atoms with Crippen molar-refractivity contribution in [1.29, 1.82) is 0 Å². The zero-order valence-electron chi connectivity index (χ0n) is 15.7. The van der Waals surface area contributed by atoms with E-state index in [9.17, 15) is 9.18 Å². The molecule has 2 amide bonds. The summed E-state index contributed by atoms with van der Waals surface area (Å²) >= 11 is 0. The van der Waals surface area contributed by atoms with Crippen molar-refractivity contribution in [2.24, 2.45) is 0 Å². The third kappa shape index (κ3) is 5.42. The fourth-order valence-electron chi connectivity index (χ4n) is 3.40. The molecule has 0 bridgehead atoms. The van der Waals surface area contributed by atoms with Crippen molar-refractivity contribution < 1.29 is 13.9 Å². The second-order valence-electron chi connectivity index (χ2n) is 6.94. The first-order valence-electron chi connectivity index (χ1n) is 9.51. The number of amides is 2. The van der Waals surface area contributed by atoms with Crippen LogP contribution in [0.3, 0.4) is 0 Å². The van der Waals surface area contributed by atoms with Crippen LogP contribution in [0, 0.1) is 5.82 Å². The molecule has 0 atom stereocenters. The molecule has 1 aromatic carbocycles. The molecule has 1 fully saturated rings. The van der Waals surface area contributed by atoms with Gasteiger partial charge in [0.2, 0.25) is 5.88 Å². The van der Waals surface area contributed by atoms with Gasteiger partial charge in [-0.25, -0.2) is 14.2 Å². The van der Waals surface area contributed by atoms with E-state index in [-0.39, 0.29) is 11.8 Å². The smallest absolute Gasteiger partial charge is 0.317 e. The number of hydrogen-bond acceptors (Lipinski definition) is 3. The highest BCUT2D eigenvalue weighted by Gasteiger charge is 2.21. The molecule has 0 saturated heterocycles. The summed E-state index contributed by atoms with van der Waals surface area (Å²) in [5, 5.41) is 2.95. The lowest BCUT2D eigenvalue weighted by Crippen LogP contribution is -2.43. The predicted octanol–water partition coefficient (Wildman–Crippen LogP) is 4.88. The molecule has 1 heterocycles. The van der Waals surface area contributed by atoms with E-state index in [0.29, 0.717) is 24.2 Å². The van der Waals surface area contributed by atoms with Crippen molar-refractivity contribution in [3.05, 3.63) is 54.0 Å². The maximum absolute atomic E-state index is 13.4. The Kier molecular flexibility index (Phi) is 6.63. The van der Waals surface area contributed by atoms with Crippen LogP contribution < -0.4 is 10.1 Å². The summed E-state index contributed by atoms with van der Waals surface area (Å²) < 4.78 is 19.1. The number of pyridine rings is 1. The van der Waals surface area contributed by atoms with Gasteiger partial charge in [0.1, 0.15) is 11.6 Å². The lowest BCUT2D eigenvalue weighted by Gasteiger charge is -2.27. The highest BCUT2D eigenvalue weighted by Crippen LogP contribution is 2.24. The third-order valence-electron chi connectivity index (χ3n) is 4.98. The molecule has 144 valence electrons. The molecule has 27 heavy (non-hydrogen) atoms. The molecular formula is C21H26FN3O2. The minimum atomic E-state index is -0.372. The highest BCUT2D eigenvalue weighted by molar-refractivity contribution is 5.74. The van der Waals surface area contributed by atoms with Crippen molar-refractivity contribution in [3.8, 4) is 11.6 Å². The van der Waals surface area contributed by atoms with E-state index >= 15 is 0 Å². The Labute approximate surface area is 159 Å². The number of hydrogen-bond donors (Lipinski definition) is 1. The third-order valence-corrected chi connectivity index (χ3v) is 4.98. The molecule has 1 aliphatic carbocycles. The largest absolute Gasteiger partial charge is 0.439 e. The van der Waals surface area contributed by atoms with Crippen LogP contribution >= 0.6 is 0 Å². The van der Waals surface area contributed by atoms with Gasteiger partial charge in [-0.05, 0) is 31.0 Å². The topological polar surface area (TPSA) is 54.5 Å². The minimum Gasteiger partial charge on any atom is -0.439 e.